The summed E-state index contributed by atoms with van der Waals surface area (Å²) in [5.41, 5.74) is 9.22. The van der Waals surface area contributed by atoms with E-state index in [0.29, 0.717) is 0 Å². The van der Waals surface area contributed by atoms with E-state index < -0.39 is 0 Å². The number of hydrogen-bond acceptors (Lipinski definition) is 1. The molecule has 0 fully saturated rings. The Kier molecular flexibility index (Phi) is 4.82. The highest BCUT2D eigenvalue weighted by Gasteiger charge is 2.13. The van der Waals surface area contributed by atoms with Crippen LogP contribution in [0.25, 0.3) is 22.3 Å². The first kappa shape index (κ1) is 16.5. The van der Waals surface area contributed by atoms with Crippen LogP contribution in [0.2, 0.25) is 0 Å². The largest absolute Gasteiger partial charge is 0.305 e. The Morgan fingerprint density at radius 3 is 1.54 bits per heavy atom. The molecule has 3 aromatic carbocycles. The Morgan fingerprint density at radius 2 is 1.12 bits per heavy atom. The molecule has 0 N–H and O–H groups in total. The van der Waals surface area contributed by atoms with Crippen LogP contribution in [-0.2, 0) is 6.54 Å². The van der Waals surface area contributed by atoms with Gasteiger partial charge in [0, 0.05) is 6.54 Å². The standard InChI is InChI=1S/C23H25N/c1-17-8-5-10-19(14-17)21-12-7-13-22(23(21)16-24(3)4)20-11-6-9-18(2)15-20/h5-15H,16H2,1-4H3. The summed E-state index contributed by atoms with van der Waals surface area (Å²) in [7, 11) is 4.26. The van der Waals surface area contributed by atoms with Gasteiger partial charge in [0.1, 0.15) is 0 Å². The molecule has 0 saturated heterocycles. The van der Waals surface area contributed by atoms with Crippen LogP contribution in [0.5, 0.6) is 0 Å². The highest BCUT2D eigenvalue weighted by atomic mass is 15.0. The van der Waals surface area contributed by atoms with Crippen LogP contribution in [0, 0.1) is 13.8 Å². The lowest BCUT2D eigenvalue weighted by atomic mass is 9.90. The fourth-order valence-electron chi connectivity index (χ4n) is 3.24. The number of nitrogens with zero attached hydrogens (tertiary/aromatic N) is 1. The zero-order valence-corrected chi connectivity index (χ0v) is 15.0. The lowest BCUT2D eigenvalue weighted by Crippen LogP contribution is -2.12. The van der Waals surface area contributed by atoms with E-state index in [-0.39, 0.29) is 0 Å². The Hall–Kier alpha value is -2.38. The van der Waals surface area contributed by atoms with E-state index in [1.165, 1.54) is 38.9 Å². The molecular formula is C23H25N. The normalized spacial score (nSPS) is 11.0. The molecule has 3 aromatic rings. The molecular weight excluding hydrogens is 290 g/mol. The molecule has 24 heavy (non-hydrogen) atoms. The Balaban J connectivity index is 2.21. The summed E-state index contributed by atoms with van der Waals surface area (Å²) >= 11 is 0. The van der Waals surface area contributed by atoms with Crippen LogP contribution in [0.4, 0.5) is 0 Å². The molecule has 122 valence electrons. The van der Waals surface area contributed by atoms with E-state index in [2.05, 4.69) is 99.6 Å². The summed E-state index contributed by atoms with van der Waals surface area (Å²) in [5, 5.41) is 0. The second-order valence-corrected chi connectivity index (χ2v) is 6.81. The minimum Gasteiger partial charge on any atom is -0.305 e. The molecule has 0 amide bonds. The SMILES string of the molecule is Cc1cccc(-c2cccc(-c3cccc(C)c3)c2CN(C)C)c1. The first-order valence-electron chi connectivity index (χ1n) is 8.45. The summed E-state index contributed by atoms with van der Waals surface area (Å²) in [6.07, 6.45) is 0. The van der Waals surface area contributed by atoms with E-state index in [1.54, 1.807) is 0 Å². The summed E-state index contributed by atoms with van der Waals surface area (Å²) in [5.74, 6) is 0. The maximum absolute atomic E-state index is 2.27. The van der Waals surface area contributed by atoms with E-state index in [1.807, 2.05) is 0 Å². The molecule has 0 atom stereocenters. The van der Waals surface area contributed by atoms with Crippen LogP contribution >= 0.6 is 0 Å². The molecule has 0 spiro atoms. The van der Waals surface area contributed by atoms with Gasteiger partial charge in [0.15, 0.2) is 0 Å². The van der Waals surface area contributed by atoms with Gasteiger partial charge in [0.05, 0.1) is 0 Å². The van der Waals surface area contributed by atoms with Crippen molar-refractivity contribution >= 4 is 0 Å². The van der Waals surface area contributed by atoms with E-state index in [4.69, 9.17) is 0 Å². The van der Waals surface area contributed by atoms with Gasteiger partial charge in [-0.15, -0.1) is 0 Å². The highest BCUT2D eigenvalue weighted by molar-refractivity contribution is 5.79. The third-order valence-corrected chi connectivity index (χ3v) is 4.31. The molecule has 0 bridgehead atoms. The van der Waals surface area contributed by atoms with Gasteiger partial charge in [0.2, 0.25) is 0 Å². The van der Waals surface area contributed by atoms with Crippen molar-refractivity contribution in [3.63, 3.8) is 0 Å². The van der Waals surface area contributed by atoms with Crippen molar-refractivity contribution in [3.8, 4) is 22.3 Å². The van der Waals surface area contributed by atoms with Crippen molar-refractivity contribution in [3.05, 3.63) is 83.4 Å². The summed E-state index contributed by atoms with van der Waals surface area (Å²) < 4.78 is 0. The van der Waals surface area contributed by atoms with Gasteiger partial charge in [-0.3, -0.25) is 0 Å². The predicted molar refractivity (Wildman–Crippen MR) is 104 cm³/mol. The van der Waals surface area contributed by atoms with Crippen LogP contribution in [0.3, 0.4) is 0 Å². The van der Waals surface area contributed by atoms with Crippen molar-refractivity contribution in [2.75, 3.05) is 14.1 Å². The summed E-state index contributed by atoms with van der Waals surface area (Å²) in [6.45, 7) is 5.23. The second kappa shape index (κ2) is 7.02. The molecule has 0 heterocycles. The first-order chi connectivity index (χ1) is 11.5. The average molecular weight is 315 g/mol. The van der Waals surface area contributed by atoms with Crippen LogP contribution in [0.15, 0.2) is 66.7 Å². The lowest BCUT2D eigenvalue weighted by Gasteiger charge is -2.19. The van der Waals surface area contributed by atoms with Gasteiger partial charge >= 0.3 is 0 Å². The number of rotatable bonds is 4. The summed E-state index contributed by atoms with van der Waals surface area (Å²) in [4.78, 5) is 2.24. The molecule has 1 heteroatoms. The molecule has 0 aliphatic carbocycles. The van der Waals surface area contributed by atoms with Crippen LogP contribution < -0.4 is 0 Å². The third kappa shape index (κ3) is 3.58. The van der Waals surface area contributed by atoms with E-state index in [0.717, 1.165) is 6.54 Å². The minimum absolute atomic E-state index is 0.924. The van der Waals surface area contributed by atoms with Crippen molar-refractivity contribution in [1.29, 1.82) is 0 Å². The highest BCUT2D eigenvalue weighted by Crippen LogP contribution is 2.33. The fraction of sp³-hybridized carbons (Fsp3) is 0.217. The van der Waals surface area contributed by atoms with Gasteiger partial charge in [-0.25, -0.2) is 0 Å². The second-order valence-electron chi connectivity index (χ2n) is 6.81. The van der Waals surface area contributed by atoms with Gasteiger partial charge in [-0.1, -0.05) is 77.9 Å². The first-order valence-corrected chi connectivity index (χ1v) is 8.45. The van der Waals surface area contributed by atoms with E-state index in [9.17, 15) is 0 Å². The number of benzene rings is 3. The topological polar surface area (TPSA) is 3.24 Å². The van der Waals surface area contributed by atoms with Crippen molar-refractivity contribution in [1.82, 2.24) is 4.90 Å². The van der Waals surface area contributed by atoms with Gasteiger partial charge in [-0.2, -0.15) is 0 Å². The minimum atomic E-state index is 0.924. The molecule has 0 saturated carbocycles. The molecule has 0 aromatic heterocycles. The Morgan fingerprint density at radius 1 is 0.667 bits per heavy atom. The molecule has 0 aliphatic heterocycles. The lowest BCUT2D eigenvalue weighted by molar-refractivity contribution is 0.403. The molecule has 3 rings (SSSR count). The number of aryl methyl sites for hydroxylation is 2. The summed E-state index contributed by atoms with van der Waals surface area (Å²) in [6, 6.07) is 24.2. The average Bonchev–Trinajstić information content (AvgIpc) is 2.54. The quantitative estimate of drug-likeness (QED) is 0.597. The smallest absolute Gasteiger partial charge is 0.0239 e. The zero-order chi connectivity index (χ0) is 17.1. The Labute approximate surface area is 145 Å². The van der Waals surface area contributed by atoms with Gasteiger partial charge in [0.25, 0.3) is 0 Å². The molecule has 0 aliphatic rings. The molecule has 0 radical (unpaired) electrons. The maximum atomic E-state index is 2.27. The van der Waals surface area contributed by atoms with Crippen molar-refractivity contribution < 1.29 is 0 Å². The maximum Gasteiger partial charge on any atom is 0.0239 e. The molecule has 1 nitrogen and oxygen atoms in total. The fourth-order valence-corrected chi connectivity index (χ4v) is 3.24. The van der Waals surface area contributed by atoms with Gasteiger partial charge in [-0.05, 0) is 55.8 Å². The van der Waals surface area contributed by atoms with Crippen LogP contribution in [0.1, 0.15) is 16.7 Å². The van der Waals surface area contributed by atoms with Gasteiger partial charge < -0.3 is 4.90 Å². The monoisotopic (exact) mass is 315 g/mol. The van der Waals surface area contributed by atoms with E-state index >= 15 is 0 Å². The zero-order valence-electron chi connectivity index (χ0n) is 15.0. The molecule has 0 unspecified atom stereocenters. The number of hydrogen-bond donors (Lipinski definition) is 0. The predicted octanol–water partition coefficient (Wildman–Crippen LogP) is 5.70. The van der Waals surface area contributed by atoms with Crippen LogP contribution in [-0.4, -0.2) is 19.0 Å². The van der Waals surface area contributed by atoms with Crippen molar-refractivity contribution in [2.45, 2.75) is 20.4 Å². The third-order valence-electron chi connectivity index (χ3n) is 4.31. The van der Waals surface area contributed by atoms with Crippen molar-refractivity contribution in [2.24, 2.45) is 0 Å². The Bertz CT molecular complexity index is 782.